The van der Waals surface area contributed by atoms with E-state index in [1.54, 1.807) is 12.1 Å². The van der Waals surface area contributed by atoms with Gasteiger partial charge in [-0.2, -0.15) is 0 Å². The molecule has 0 radical (unpaired) electrons. The largest absolute Gasteiger partial charge is 0.346 e. The second kappa shape index (κ2) is 5.86. The maximum absolute atomic E-state index is 12.1. The number of ether oxygens (including phenoxy) is 2. The van der Waals surface area contributed by atoms with Crippen LogP contribution < -0.4 is 5.32 Å². The van der Waals surface area contributed by atoms with Gasteiger partial charge >= 0.3 is 0 Å². The highest BCUT2D eigenvalue weighted by atomic mass is 16.7. The molecule has 1 aliphatic rings. The molecule has 102 valence electrons. The van der Waals surface area contributed by atoms with Crippen molar-refractivity contribution in [1.29, 1.82) is 0 Å². The molecule has 4 heteroatoms. The number of hydrogen-bond donors (Lipinski definition) is 1. The van der Waals surface area contributed by atoms with Crippen LogP contribution in [0.15, 0.2) is 54.6 Å². The van der Waals surface area contributed by atoms with Crippen molar-refractivity contribution in [1.82, 2.24) is 0 Å². The monoisotopic (exact) mass is 269 g/mol. The average molecular weight is 269 g/mol. The van der Waals surface area contributed by atoms with Crippen LogP contribution in [0.25, 0.3) is 0 Å². The first-order chi connectivity index (χ1) is 9.83. The first-order valence-corrected chi connectivity index (χ1v) is 6.52. The molecule has 0 atom stereocenters. The summed E-state index contributed by atoms with van der Waals surface area (Å²) < 4.78 is 10.9. The molecule has 0 saturated carbocycles. The number of nitrogens with one attached hydrogen (secondary N) is 1. The lowest BCUT2D eigenvalue weighted by Gasteiger charge is -2.11. The summed E-state index contributed by atoms with van der Waals surface area (Å²) in [6.45, 7) is 1.20. The van der Waals surface area contributed by atoms with E-state index in [0.717, 1.165) is 11.3 Å². The van der Waals surface area contributed by atoms with Crippen molar-refractivity contribution in [3.05, 3.63) is 65.7 Å². The van der Waals surface area contributed by atoms with Crippen LogP contribution in [0.1, 0.15) is 22.2 Å². The standard InChI is InChI=1S/C16H15NO3/c18-15(12-5-2-1-3-6-12)17-14-8-4-7-13(11-14)16-19-9-10-20-16/h1-8,11,16H,9-10H2,(H,17,18). The zero-order chi connectivity index (χ0) is 13.8. The Bertz CT molecular complexity index is 592. The lowest BCUT2D eigenvalue weighted by Crippen LogP contribution is -2.12. The van der Waals surface area contributed by atoms with Crippen molar-refractivity contribution < 1.29 is 14.3 Å². The Morgan fingerprint density at radius 2 is 1.75 bits per heavy atom. The van der Waals surface area contributed by atoms with E-state index in [-0.39, 0.29) is 12.2 Å². The van der Waals surface area contributed by atoms with Crippen molar-refractivity contribution in [2.75, 3.05) is 18.5 Å². The van der Waals surface area contributed by atoms with Gasteiger partial charge in [0.1, 0.15) is 0 Å². The van der Waals surface area contributed by atoms with Gasteiger partial charge in [-0.05, 0) is 24.3 Å². The SMILES string of the molecule is O=C(Nc1cccc(C2OCCO2)c1)c1ccccc1. The Morgan fingerprint density at radius 3 is 2.50 bits per heavy atom. The van der Waals surface area contributed by atoms with Gasteiger partial charge in [0, 0.05) is 16.8 Å². The highest BCUT2D eigenvalue weighted by molar-refractivity contribution is 6.04. The predicted molar refractivity (Wildman–Crippen MR) is 75.5 cm³/mol. The van der Waals surface area contributed by atoms with Gasteiger partial charge in [0.05, 0.1) is 13.2 Å². The first-order valence-electron chi connectivity index (χ1n) is 6.52. The van der Waals surface area contributed by atoms with E-state index in [1.165, 1.54) is 0 Å². The van der Waals surface area contributed by atoms with Crippen LogP contribution in [0.3, 0.4) is 0 Å². The minimum atomic E-state index is -0.330. The molecule has 0 aliphatic carbocycles. The molecule has 1 heterocycles. The highest BCUT2D eigenvalue weighted by Gasteiger charge is 2.18. The van der Waals surface area contributed by atoms with Crippen LogP contribution in [-0.2, 0) is 9.47 Å². The number of carbonyl (C=O) groups excluding carboxylic acids is 1. The molecule has 4 nitrogen and oxygen atoms in total. The molecule has 1 fully saturated rings. The fourth-order valence-corrected chi connectivity index (χ4v) is 2.11. The molecule has 1 N–H and O–H groups in total. The molecule has 0 bridgehead atoms. The summed E-state index contributed by atoms with van der Waals surface area (Å²) in [5, 5.41) is 2.87. The zero-order valence-corrected chi connectivity index (χ0v) is 10.9. The van der Waals surface area contributed by atoms with E-state index in [9.17, 15) is 4.79 Å². The smallest absolute Gasteiger partial charge is 0.255 e. The summed E-state index contributed by atoms with van der Waals surface area (Å²) in [5.74, 6) is -0.129. The number of rotatable bonds is 3. The van der Waals surface area contributed by atoms with Gasteiger partial charge in [0.25, 0.3) is 5.91 Å². The van der Waals surface area contributed by atoms with E-state index in [2.05, 4.69) is 5.32 Å². The van der Waals surface area contributed by atoms with Crippen molar-refractivity contribution in [2.45, 2.75) is 6.29 Å². The summed E-state index contributed by atoms with van der Waals surface area (Å²) in [6.07, 6.45) is -0.330. The molecule has 0 spiro atoms. The molecular formula is C16H15NO3. The predicted octanol–water partition coefficient (Wildman–Crippen LogP) is 2.98. The lowest BCUT2D eigenvalue weighted by molar-refractivity contribution is -0.0440. The van der Waals surface area contributed by atoms with Crippen molar-refractivity contribution >= 4 is 11.6 Å². The third-order valence-electron chi connectivity index (χ3n) is 3.07. The Morgan fingerprint density at radius 1 is 1.00 bits per heavy atom. The second-order valence-electron chi connectivity index (χ2n) is 4.52. The Balaban J connectivity index is 1.74. The molecule has 2 aromatic rings. The minimum absolute atomic E-state index is 0.129. The molecule has 2 aromatic carbocycles. The first kappa shape index (κ1) is 12.8. The topological polar surface area (TPSA) is 47.6 Å². The van der Waals surface area contributed by atoms with Gasteiger partial charge in [-0.3, -0.25) is 4.79 Å². The summed E-state index contributed by atoms with van der Waals surface area (Å²) in [5.41, 5.74) is 2.27. The molecule has 1 aliphatic heterocycles. The van der Waals surface area contributed by atoms with Crippen LogP contribution in [0.2, 0.25) is 0 Å². The fraction of sp³-hybridized carbons (Fsp3) is 0.188. The Labute approximate surface area is 117 Å². The summed E-state index contributed by atoms with van der Waals surface area (Å²) >= 11 is 0. The molecule has 0 aromatic heterocycles. The van der Waals surface area contributed by atoms with Gasteiger partial charge < -0.3 is 14.8 Å². The molecular weight excluding hydrogens is 254 g/mol. The fourth-order valence-electron chi connectivity index (χ4n) is 2.11. The average Bonchev–Trinajstić information content (AvgIpc) is 3.03. The van der Waals surface area contributed by atoms with Crippen LogP contribution in [-0.4, -0.2) is 19.1 Å². The van der Waals surface area contributed by atoms with Gasteiger partial charge in [-0.15, -0.1) is 0 Å². The number of carbonyl (C=O) groups is 1. The van der Waals surface area contributed by atoms with E-state index in [4.69, 9.17) is 9.47 Å². The number of hydrogen-bond acceptors (Lipinski definition) is 3. The van der Waals surface area contributed by atoms with E-state index < -0.39 is 0 Å². The van der Waals surface area contributed by atoms with E-state index in [1.807, 2.05) is 42.5 Å². The van der Waals surface area contributed by atoms with Gasteiger partial charge in [-0.25, -0.2) is 0 Å². The summed E-state index contributed by atoms with van der Waals surface area (Å²) in [6, 6.07) is 16.6. The van der Waals surface area contributed by atoms with Crippen LogP contribution >= 0.6 is 0 Å². The number of benzene rings is 2. The Hall–Kier alpha value is -2.17. The normalized spacial score (nSPS) is 15.2. The Kier molecular flexibility index (Phi) is 3.76. The van der Waals surface area contributed by atoms with Gasteiger partial charge in [0.15, 0.2) is 6.29 Å². The molecule has 0 unspecified atom stereocenters. The maximum Gasteiger partial charge on any atom is 0.255 e. The van der Waals surface area contributed by atoms with Crippen molar-refractivity contribution in [3.8, 4) is 0 Å². The molecule has 3 rings (SSSR count). The second-order valence-corrected chi connectivity index (χ2v) is 4.52. The van der Waals surface area contributed by atoms with Gasteiger partial charge in [-0.1, -0.05) is 30.3 Å². The van der Waals surface area contributed by atoms with E-state index >= 15 is 0 Å². The third kappa shape index (κ3) is 2.87. The molecule has 1 saturated heterocycles. The van der Waals surface area contributed by atoms with Crippen molar-refractivity contribution in [3.63, 3.8) is 0 Å². The highest BCUT2D eigenvalue weighted by Crippen LogP contribution is 2.25. The summed E-state index contributed by atoms with van der Waals surface area (Å²) in [7, 11) is 0. The third-order valence-corrected chi connectivity index (χ3v) is 3.07. The van der Waals surface area contributed by atoms with E-state index in [0.29, 0.717) is 18.8 Å². The van der Waals surface area contributed by atoms with Crippen LogP contribution in [0, 0.1) is 0 Å². The maximum atomic E-state index is 12.1. The van der Waals surface area contributed by atoms with Crippen LogP contribution in [0.5, 0.6) is 0 Å². The minimum Gasteiger partial charge on any atom is -0.346 e. The molecule has 20 heavy (non-hydrogen) atoms. The lowest BCUT2D eigenvalue weighted by atomic mass is 10.1. The summed E-state index contributed by atoms with van der Waals surface area (Å²) in [4.78, 5) is 12.1. The van der Waals surface area contributed by atoms with Crippen LogP contribution in [0.4, 0.5) is 5.69 Å². The van der Waals surface area contributed by atoms with Crippen molar-refractivity contribution in [2.24, 2.45) is 0 Å². The quantitative estimate of drug-likeness (QED) is 0.931. The number of anilines is 1. The molecule has 1 amide bonds. The number of amides is 1. The van der Waals surface area contributed by atoms with Gasteiger partial charge in [0.2, 0.25) is 0 Å². The zero-order valence-electron chi connectivity index (χ0n) is 10.9.